The Morgan fingerprint density at radius 3 is 0.562 bits per heavy atom. The molecule has 37 heteroatoms. The molecule has 4 rings (SSSR count). The minimum absolute atomic E-state index is 0. The molecular weight excluding hydrogens is 1400 g/mol. The molecule has 2 N–H and O–H groups in total. The Labute approximate surface area is 526 Å². The van der Waals surface area contributed by atoms with Gasteiger partial charge in [0.25, 0.3) is 0 Å². The fraction of sp³-hybridized carbons (Fsp3) is 0.278. The van der Waals surface area contributed by atoms with Crippen molar-refractivity contribution < 1.29 is 274 Å². The molecule has 0 amide bonds. The van der Waals surface area contributed by atoms with E-state index in [4.69, 9.17) is 30.6 Å². The van der Waals surface area contributed by atoms with E-state index in [1.165, 1.54) is 27.7 Å². The van der Waals surface area contributed by atoms with Crippen molar-refractivity contribution in [1.82, 2.24) is 19.9 Å². The molecule has 0 aromatic carbocycles. The Morgan fingerprint density at radius 1 is 0.356 bits per heavy atom. The van der Waals surface area contributed by atoms with E-state index in [0.717, 1.165) is 78.1 Å². The molecule has 0 spiro atoms. The van der Waals surface area contributed by atoms with Gasteiger partial charge in [-0.25, -0.2) is 19.9 Å². The predicted octanol–water partition coefficient (Wildman–Crippen LogP) is -3.59. The molecule has 0 bridgehead atoms. The van der Waals surface area contributed by atoms with Crippen LogP contribution in [0.2, 0.25) is 0 Å². The molecule has 0 atom stereocenters. The molecule has 0 aliphatic carbocycles. The van der Waals surface area contributed by atoms with Gasteiger partial charge in [0, 0.05) is 103 Å². The normalized spacial score (nSPS) is 6.08. The van der Waals surface area contributed by atoms with E-state index in [1.807, 2.05) is 72.8 Å². The maximum absolute atomic E-state index is 9.98. The Hall–Kier alpha value is -1.31. The van der Waals surface area contributed by atoms with Crippen LogP contribution in [0.1, 0.15) is 27.7 Å². The quantitative estimate of drug-likeness (QED) is 0.107. The van der Waals surface area contributed by atoms with Gasteiger partial charge in [0.2, 0.25) is 0 Å². The molecule has 0 aliphatic heterocycles. The van der Waals surface area contributed by atoms with Crippen molar-refractivity contribution in [1.29, 1.82) is 0 Å². The van der Waals surface area contributed by atoms with Gasteiger partial charge in [-0.15, -0.1) is 11.5 Å². The summed E-state index contributed by atoms with van der Waals surface area (Å²) in [6.45, 7) is 5.39. The summed E-state index contributed by atoms with van der Waals surface area (Å²) in [5.41, 5.74) is 0. The number of nitrogens with one attached hydrogen (secondary N) is 2. The van der Waals surface area contributed by atoms with Gasteiger partial charge in [-0.05, 0) is 74.5 Å². The van der Waals surface area contributed by atoms with E-state index in [0.29, 0.717) is 0 Å². The standard InChI is InChI=1S/2C10H9N3.2C5H8O2.6CH3O.13O.2Pd.6V/c2*1-3-7-11-9(5-1)13-10-6-2-4-8-12-10;2*1-4(6)3-5(2)7;6*1-2;;;;;;;;;;;;;;;;;;;;;/h2*1-8H,(H,11,12,13);2*3,6H,1-2H3;6*1H3;;;;;;;;;;;;;;;;;;;;;/q;;;;6*-1;13*-2;;;;;4*+4/p-2/b;;2*4-3-;;;;;;;;;;;;;;;;;;;;;;;;;;;. The molecule has 0 unspecified atom stereocenters. The van der Waals surface area contributed by atoms with Crippen LogP contribution in [0.5, 0.6) is 0 Å². The fourth-order valence-corrected chi connectivity index (χ4v) is 2.58. The first kappa shape index (κ1) is 179. The maximum atomic E-state index is 9.98. The second-order valence-electron chi connectivity index (χ2n) is 7.84. The summed E-state index contributed by atoms with van der Waals surface area (Å²) in [7, 11) is 4.50. The van der Waals surface area contributed by atoms with E-state index in [1.54, 1.807) is 24.8 Å². The fourth-order valence-electron chi connectivity index (χ4n) is 2.58. The van der Waals surface area contributed by atoms with Crippen molar-refractivity contribution >= 4 is 34.8 Å². The number of pyridine rings is 4. The van der Waals surface area contributed by atoms with Crippen LogP contribution in [0.25, 0.3) is 0 Å². The zero-order valence-corrected chi connectivity index (χ0v) is 51.4. The van der Waals surface area contributed by atoms with Crippen LogP contribution in [0.4, 0.5) is 23.3 Å². The summed E-state index contributed by atoms with van der Waals surface area (Å²) < 4.78 is 0. The van der Waals surface area contributed by atoms with Gasteiger partial charge in [0.1, 0.15) is 23.3 Å². The van der Waals surface area contributed by atoms with Gasteiger partial charge in [0.15, 0.2) is 11.6 Å². The van der Waals surface area contributed by atoms with Crippen LogP contribution in [0.3, 0.4) is 0 Å². The topological polar surface area (TPSA) is 665 Å². The molecule has 4 heterocycles. The summed E-state index contributed by atoms with van der Waals surface area (Å²) >= 11 is 0. The van der Waals surface area contributed by atoms with Crippen LogP contribution < -0.4 is 51.5 Å². The van der Waals surface area contributed by atoms with Crippen LogP contribution in [0.15, 0.2) is 121 Å². The van der Waals surface area contributed by atoms with Crippen molar-refractivity contribution in [2.75, 3.05) is 53.3 Å². The molecule has 0 saturated heterocycles. The second kappa shape index (κ2) is 157. The van der Waals surface area contributed by atoms with E-state index in [9.17, 15) is 19.8 Å². The van der Waals surface area contributed by atoms with Crippen LogP contribution in [-0.2, 0) is 233 Å². The summed E-state index contributed by atoms with van der Waals surface area (Å²) in [4.78, 5) is 36.4. The van der Waals surface area contributed by atoms with Crippen molar-refractivity contribution in [3.8, 4) is 0 Å². The van der Waals surface area contributed by atoms with Gasteiger partial charge in [-0.2, -0.15) is 42.7 Å². The summed E-state index contributed by atoms with van der Waals surface area (Å²) in [5, 5.41) is 75.6. The number of hydrogen-bond donors (Lipinski definition) is 2. The van der Waals surface area contributed by atoms with Gasteiger partial charge in [0.05, 0.1) is 0 Å². The second-order valence-corrected chi connectivity index (χ2v) is 7.84. The molecule has 0 aliphatic rings. The molecule has 4 aromatic rings. The third kappa shape index (κ3) is 153. The molecule has 73 heavy (non-hydrogen) atoms. The molecular formula is C36H50N6O23Pd2V6-18. The van der Waals surface area contributed by atoms with Gasteiger partial charge in [-0.3, -0.25) is 9.59 Å². The zero-order valence-electron chi connectivity index (χ0n) is 39.9. The Kier molecular flexibility index (Phi) is 387. The summed E-state index contributed by atoms with van der Waals surface area (Å²) in [6.07, 6.45) is 9.08. The van der Waals surface area contributed by atoms with E-state index >= 15 is 0 Å². The number of carbonyl (C=O) groups is 2. The molecule has 0 saturated carbocycles. The first-order valence-electron chi connectivity index (χ1n) is 14.5. The van der Waals surface area contributed by atoms with Crippen molar-refractivity contribution in [2.24, 2.45) is 0 Å². The minimum atomic E-state index is -0.187. The first-order chi connectivity index (χ1) is 25.2. The van der Waals surface area contributed by atoms with Crippen molar-refractivity contribution in [3.63, 3.8) is 0 Å². The van der Waals surface area contributed by atoms with Crippen molar-refractivity contribution in [3.05, 3.63) is 121 Å². The number of hydrogen-bond acceptors (Lipinski definition) is 16. The summed E-state index contributed by atoms with van der Waals surface area (Å²) in [5.74, 6) is 2.48. The van der Waals surface area contributed by atoms with Crippen LogP contribution in [0, 0.1) is 0 Å². The molecule has 6 radical (unpaired) electrons. The minimum Gasteiger partial charge on any atom is -2.00 e. The van der Waals surface area contributed by atoms with E-state index in [2.05, 4.69) is 30.6 Å². The Morgan fingerprint density at radius 2 is 0.493 bits per heavy atom. The zero-order chi connectivity index (χ0) is 41.6. The Bertz CT molecular complexity index is 1220. The third-order valence-corrected chi connectivity index (χ3v) is 3.98. The smallest absolute Gasteiger partial charge is 2.00 e. The molecule has 29 nitrogen and oxygen atoms in total. The molecule has 4 aromatic heterocycles. The number of rotatable bonds is 6. The average molecular weight is 1450 g/mol. The summed E-state index contributed by atoms with van der Waals surface area (Å²) in [6, 6.07) is 22.8. The largest absolute Gasteiger partial charge is 4.00 e. The number of ketones is 2. The number of carbonyl (C=O) groups excluding carboxylic acids is 2. The van der Waals surface area contributed by atoms with E-state index in [-0.39, 0.29) is 246 Å². The SMILES string of the molecule is CC(=O)/C=C(/C)[O-].CC(=O)/C=C(/C)[O-].C[O-].C[O-].C[O-].C[O-].C[O-].C[O-].[O-2].[O-2].[O-2].[O-2].[O-2].[O-2].[O-2].[O-2].[O-2].[O-2].[O-2].[O-2].[O-2].[Pd].[Pd].[V+4].[V+4].[V+4].[V+4].[V].[V].c1ccc(Nc2ccccn2)nc1.c1ccc(Nc2ccccn2)nc1. The molecule has 430 valence electrons. The third-order valence-electron chi connectivity index (χ3n) is 3.98. The first-order valence-corrected chi connectivity index (χ1v) is 14.5. The maximum Gasteiger partial charge on any atom is 4.00 e. The van der Waals surface area contributed by atoms with Crippen molar-refractivity contribution in [2.45, 2.75) is 27.7 Å². The molecule has 0 fully saturated rings. The monoisotopic (exact) mass is 1450 g/mol. The van der Waals surface area contributed by atoms with Crippen LogP contribution >= 0.6 is 0 Å². The number of allylic oxidation sites excluding steroid dienone is 4. The van der Waals surface area contributed by atoms with Crippen LogP contribution in [-0.4, -0.2) is 74.2 Å². The Balaban J connectivity index is -0.0000000135. The number of aromatic nitrogens is 4. The number of anilines is 4. The average Bonchev–Trinajstić information content (AvgIpc) is 3.18. The van der Waals surface area contributed by atoms with E-state index < -0.39 is 0 Å². The van der Waals surface area contributed by atoms with Gasteiger partial charge < -0.3 is 123 Å². The predicted molar refractivity (Wildman–Crippen MR) is 197 cm³/mol. The van der Waals surface area contributed by atoms with Gasteiger partial charge >= 0.3 is 74.2 Å². The number of nitrogens with zero attached hydrogens (tertiary/aromatic N) is 4. The van der Waals surface area contributed by atoms with Gasteiger partial charge in [-0.1, -0.05) is 38.1 Å².